The second-order valence-electron chi connectivity index (χ2n) is 4.41. The molecule has 1 aromatic rings. The number of anilines is 1. The number of hydrogen-bond donors (Lipinski definition) is 0. The first-order chi connectivity index (χ1) is 7.42. The first-order valence-electron chi connectivity index (χ1n) is 5.22. The van der Waals surface area contributed by atoms with Crippen molar-refractivity contribution in [2.24, 2.45) is 0 Å². The summed E-state index contributed by atoms with van der Waals surface area (Å²) in [5.41, 5.74) is 1.53. The molecule has 3 nitrogen and oxygen atoms in total. The van der Waals surface area contributed by atoms with Gasteiger partial charge < -0.3 is 9.64 Å². The average Bonchev–Trinajstić information content (AvgIpc) is 2.28. The Bertz CT molecular complexity index is 418. The molecule has 86 valence electrons. The standard InChI is InChI=1S/C13H18N2O/c1-10-6-7-12(16-5)11(8-10)15(4)13(2,3)9-14/h6-8H,1-5H3. The van der Waals surface area contributed by atoms with E-state index in [1.807, 2.05) is 50.9 Å². The van der Waals surface area contributed by atoms with E-state index in [0.717, 1.165) is 17.0 Å². The van der Waals surface area contributed by atoms with E-state index >= 15 is 0 Å². The zero-order valence-corrected chi connectivity index (χ0v) is 10.5. The minimum absolute atomic E-state index is 0.554. The zero-order chi connectivity index (χ0) is 12.3. The maximum atomic E-state index is 9.13. The highest BCUT2D eigenvalue weighted by Gasteiger charge is 2.25. The van der Waals surface area contributed by atoms with Gasteiger partial charge in [-0.05, 0) is 38.5 Å². The highest BCUT2D eigenvalue weighted by molar-refractivity contribution is 5.61. The molecule has 0 atom stereocenters. The normalized spacial score (nSPS) is 10.8. The molecule has 0 aliphatic carbocycles. The number of hydrogen-bond acceptors (Lipinski definition) is 3. The van der Waals surface area contributed by atoms with Crippen molar-refractivity contribution >= 4 is 5.69 Å². The molecule has 0 bridgehead atoms. The van der Waals surface area contributed by atoms with E-state index in [9.17, 15) is 0 Å². The molecule has 0 unspecified atom stereocenters. The third-order valence-electron chi connectivity index (χ3n) is 2.81. The lowest BCUT2D eigenvalue weighted by molar-refractivity contribution is 0.412. The zero-order valence-electron chi connectivity index (χ0n) is 10.5. The Morgan fingerprint density at radius 2 is 2.00 bits per heavy atom. The third-order valence-corrected chi connectivity index (χ3v) is 2.81. The molecule has 3 heteroatoms. The van der Waals surface area contributed by atoms with Crippen molar-refractivity contribution in [2.45, 2.75) is 26.3 Å². The van der Waals surface area contributed by atoms with E-state index in [1.54, 1.807) is 7.11 Å². The molecular formula is C13H18N2O. The quantitative estimate of drug-likeness (QED) is 0.782. The Hall–Kier alpha value is -1.69. The van der Waals surface area contributed by atoms with Crippen LogP contribution in [0.1, 0.15) is 19.4 Å². The Morgan fingerprint density at radius 1 is 1.38 bits per heavy atom. The van der Waals surface area contributed by atoms with Crippen LogP contribution in [0.5, 0.6) is 5.75 Å². The largest absolute Gasteiger partial charge is 0.495 e. The fourth-order valence-electron chi connectivity index (χ4n) is 1.44. The van der Waals surface area contributed by atoms with Crippen molar-refractivity contribution in [3.8, 4) is 11.8 Å². The fourth-order valence-corrected chi connectivity index (χ4v) is 1.44. The highest BCUT2D eigenvalue weighted by atomic mass is 16.5. The molecular weight excluding hydrogens is 200 g/mol. The van der Waals surface area contributed by atoms with Gasteiger partial charge in [-0.2, -0.15) is 5.26 Å². The number of methoxy groups -OCH3 is 1. The molecule has 0 N–H and O–H groups in total. The van der Waals surface area contributed by atoms with E-state index in [2.05, 4.69) is 6.07 Å². The summed E-state index contributed by atoms with van der Waals surface area (Å²) in [6.07, 6.45) is 0. The van der Waals surface area contributed by atoms with Crippen LogP contribution >= 0.6 is 0 Å². The van der Waals surface area contributed by atoms with Gasteiger partial charge in [-0.1, -0.05) is 6.07 Å². The molecule has 0 heterocycles. The van der Waals surface area contributed by atoms with E-state index in [-0.39, 0.29) is 0 Å². The van der Waals surface area contributed by atoms with Crippen LogP contribution in [-0.2, 0) is 0 Å². The van der Waals surface area contributed by atoms with Crippen LogP contribution in [0.4, 0.5) is 5.69 Å². The maximum Gasteiger partial charge on any atom is 0.142 e. The monoisotopic (exact) mass is 218 g/mol. The van der Waals surface area contributed by atoms with Crippen molar-refractivity contribution in [1.82, 2.24) is 0 Å². The van der Waals surface area contributed by atoms with Crippen molar-refractivity contribution in [3.05, 3.63) is 23.8 Å². The van der Waals surface area contributed by atoms with Crippen molar-refractivity contribution < 1.29 is 4.74 Å². The third kappa shape index (κ3) is 2.27. The molecule has 0 spiro atoms. The van der Waals surface area contributed by atoms with Gasteiger partial charge in [-0.3, -0.25) is 0 Å². The van der Waals surface area contributed by atoms with Gasteiger partial charge in [0, 0.05) is 7.05 Å². The average molecular weight is 218 g/mol. The summed E-state index contributed by atoms with van der Waals surface area (Å²) in [6.45, 7) is 5.79. The topological polar surface area (TPSA) is 36.3 Å². The molecule has 0 aliphatic rings. The first kappa shape index (κ1) is 12.4. The lowest BCUT2D eigenvalue weighted by Gasteiger charge is -2.32. The number of nitriles is 1. The lowest BCUT2D eigenvalue weighted by Crippen LogP contribution is -2.39. The smallest absolute Gasteiger partial charge is 0.142 e. The maximum absolute atomic E-state index is 9.13. The van der Waals surface area contributed by atoms with Crippen LogP contribution < -0.4 is 9.64 Å². The second kappa shape index (κ2) is 4.44. The summed E-state index contributed by atoms with van der Waals surface area (Å²) >= 11 is 0. The lowest BCUT2D eigenvalue weighted by atomic mass is 10.0. The van der Waals surface area contributed by atoms with Gasteiger partial charge in [0.2, 0.25) is 0 Å². The van der Waals surface area contributed by atoms with Gasteiger partial charge in [-0.25, -0.2) is 0 Å². The van der Waals surface area contributed by atoms with Gasteiger partial charge in [-0.15, -0.1) is 0 Å². The van der Waals surface area contributed by atoms with E-state index < -0.39 is 5.54 Å². The van der Waals surface area contributed by atoms with Gasteiger partial charge in [0.05, 0.1) is 18.9 Å². The second-order valence-corrected chi connectivity index (χ2v) is 4.41. The van der Waals surface area contributed by atoms with Crippen molar-refractivity contribution in [3.63, 3.8) is 0 Å². The summed E-state index contributed by atoms with van der Waals surface area (Å²) in [4.78, 5) is 1.93. The SMILES string of the molecule is COc1ccc(C)cc1N(C)C(C)(C)C#N. The predicted octanol–water partition coefficient (Wildman–Crippen LogP) is 2.74. The van der Waals surface area contributed by atoms with Gasteiger partial charge in [0.15, 0.2) is 0 Å². The summed E-state index contributed by atoms with van der Waals surface area (Å²) < 4.78 is 5.31. The fraction of sp³-hybridized carbons (Fsp3) is 0.462. The Labute approximate surface area is 97.3 Å². The molecule has 1 rings (SSSR count). The van der Waals surface area contributed by atoms with Crippen LogP contribution in [0.2, 0.25) is 0 Å². The molecule has 16 heavy (non-hydrogen) atoms. The summed E-state index contributed by atoms with van der Waals surface area (Å²) in [5.74, 6) is 0.788. The minimum atomic E-state index is -0.554. The molecule has 0 aliphatic heterocycles. The molecule has 0 saturated heterocycles. The van der Waals surface area contributed by atoms with Crippen LogP contribution in [0.3, 0.4) is 0 Å². The van der Waals surface area contributed by atoms with Crippen LogP contribution in [0, 0.1) is 18.3 Å². The van der Waals surface area contributed by atoms with E-state index in [0.29, 0.717) is 0 Å². The van der Waals surface area contributed by atoms with Crippen LogP contribution in [0.15, 0.2) is 18.2 Å². The van der Waals surface area contributed by atoms with Gasteiger partial charge in [0.25, 0.3) is 0 Å². The Morgan fingerprint density at radius 3 is 2.50 bits per heavy atom. The Kier molecular flexibility index (Phi) is 3.44. The van der Waals surface area contributed by atoms with Crippen LogP contribution in [0.25, 0.3) is 0 Å². The molecule has 0 aromatic heterocycles. The number of benzene rings is 1. The first-order valence-corrected chi connectivity index (χ1v) is 5.22. The number of aryl methyl sites for hydroxylation is 1. The van der Waals surface area contributed by atoms with Gasteiger partial charge in [0.1, 0.15) is 11.3 Å². The minimum Gasteiger partial charge on any atom is -0.495 e. The number of ether oxygens (including phenoxy) is 1. The van der Waals surface area contributed by atoms with Crippen molar-refractivity contribution in [1.29, 1.82) is 5.26 Å². The molecule has 0 radical (unpaired) electrons. The highest BCUT2D eigenvalue weighted by Crippen LogP contribution is 2.32. The summed E-state index contributed by atoms with van der Waals surface area (Å²) in [5, 5.41) is 9.13. The number of nitrogens with zero attached hydrogens (tertiary/aromatic N) is 2. The molecule has 1 aromatic carbocycles. The number of rotatable bonds is 3. The summed E-state index contributed by atoms with van der Waals surface area (Å²) in [6, 6.07) is 8.23. The predicted molar refractivity (Wildman–Crippen MR) is 65.8 cm³/mol. The van der Waals surface area contributed by atoms with Crippen molar-refractivity contribution in [2.75, 3.05) is 19.1 Å². The van der Waals surface area contributed by atoms with Gasteiger partial charge >= 0.3 is 0 Å². The Balaban J connectivity index is 3.22. The molecule has 0 amide bonds. The van der Waals surface area contributed by atoms with E-state index in [4.69, 9.17) is 10.00 Å². The molecule has 0 saturated carbocycles. The van der Waals surface area contributed by atoms with E-state index in [1.165, 1.54) is 0 Å². The summed E-state index contributed by atoms with van der Waals surface area (Å²) in [7, 11) is 3.54. The van der Waals surface area contributed by atoms with Crippen LogP contribution in [-0.4, -0.2) is 19.7 Å². The molecule has 0 fully saturated rings.